The van der Waals surface area contributed by atoms with E-state index in [9.17, 15) is 14.0 Å². The zero-order valence-corrected chi connectivity index (χ0v) is 16.2. The number of aromatic nitrogens is 1. The molecule has 0 spiro atoms. The van der Waals surface area contributed by atoms with Crippen LogP contribution in [0, 0.1) is 12.7 Å². The molecule has 29 heavy (non-hydrogen) atoms. The van der Waals surface area contributed by atoms with Gasteiger partial charge in [-0.1, -0.05) is 24.3 Å². The number of amides is 2. The number of pyridine rings is 1. The Balaban J connectivity index is 1.50. The summed E-state index contributed by atoms with van der Waals surface area (Å²) in [4.78, 5) is 29.8. The highest BCUT2D eigenvalue weighted by atomic mass is 32.1. The predicted molar refractivity (Wildman–Crippen MR) is 113 cm³/mol. The predicted octanol–water partition coefficient (Wildman–Crippen LogP) is 5.25. The molecule has 2 aromatic carbocycles. The highest BCUT2D eigenvalue weighted by molar-refractivity contribution is 7.18. The fourth-order valence-electron chi connectivity index (χ4n) is 2.91. The summed E-state index contributed by atoms with van der Waals surface area (Å²) in [6, 6.07) is 16.7. The zero-order chi connectivity index (χ0) is 20.4. The summed E-state index contributed by atoms with van der Waals surface area (Å²) in [6.45, 7) is 1.79. The molecule has 0 radical (unpaired) electrons. The van der Waals surface area contributed by atoms with Crippen LogP contribution in [0.2, 0.25) is 0 Å². The van der Waals surface area contributed by atoms with E-state index in [-0.39, 0.29) is 11.5 Å². The van der Waals surface area contributed by atoms with E-state index in [2.05, 4.69) is 15.6 Å². The van der Waals surface area contributed by atoms with Crippen molar-refractivity contribution in [2.45, 2.75) is 6.92 Å². The lowest BCUT2D eigenvalue weighted by Gasteiger charge is -2.05. The Morgan fingerprint density at radius 2 is 1.79 bits per heavy atom. The van der Waals surface area contributed by atoms with Crippen LogP contribution in [0.4, 0.5) is 15.1 Å². The minimum atomic E-state index is -0.482. The van der Waals surface area contributed by atoms with Crippen LogP contribution in [-0.4, -0.2) is 16.8 Å². The van der Waals surface area contributed by atoms with Crippen molar-refractivity contribution in [2.75, 3.05) is 10.6 Å². The number of carbonyl (C=O) groups is 2. The SMILES string of the molecule is Cc1cc(NC(=O)c2cccc(F)c2)sc1C(=O)Nc1cnc2ccccc2c1. The van der Waals surface area contributed by atoms with E-state index in [0.717, 1.165) is 33.9 Å². The average Bonchev–Trinajstić information content (AvgIpc) is 3.08. The number of nitrogens with one attached hydrogen (secondary N) is 2. The maximum absolute atomic E-state index is 13.3. The van der Waals surface area contributed by atoms with Gasteiger partial charge < -0.3 is 10.6 Å². The number of para-hydroxylation sites is 1. The summed E-state index contributed by atoms with van der Waals surface area (Å²) in [5.41, 5.74) is 2.38. The maximum Gasteiger partial charge on any atom is 0.266 e. The van der Waals surface area contributed by atoms with Gasteiger partial charge in [-0.3, -0.25) is 14.6 Å². The van der Waals surface area contributed by atoms with Crippen molar-refractivity contribution in [3.63, 3.8) is 0 Å². The molecule has 2 amide bonds. The van der Waals surface area contributed by atoms with Gasteiger partial charge in [0, 0.05) is 10.9 Å². The molecular formula is C22H16FN3O2S. The first-order valence-electron chi connectivity index (χ1n) is 8.83. The van der Waals surface area contributed by atoms with Crippen LogP contribution >= 0.6 is 11.3 Å². The van der Waals surface area contributed by atoms with Gasteiger partial charge in [-0.15, -0.1) is 11.3 Å². The van der Waals surface area contributed by atoms with Crippen molar-refractivity contribution in [3.05, 3.63) is 88.7 Å². The summed E-state index contributed by atoms with van der Waals surface area (Å²) in [5.74, 6) is -1.20. The molecule has 4 aromatic rings. The Morgan fingerprint density at radius 1 is 0.966 bits per heavy atom. The van der Waals surface area contributed by atoms with Crippen molar-refractivity contribution >= 4 is 44.7 Å². The summed E-state index contributed by atoms with van der Waals surface area (Å²) in [6.07, 6.45) is 1.61. The van der Waals surface area contributed by atoms with Crippen molar-refractivity contribution in [1.82, 2.24) is 4.98 Å². The molecule has 7 heteroatoms. The van der Waals surface area contributed by atoms with Crippen LogP contribution in [0.25, 0.3) is 10.9 Å². The van der Waals surface area contributed by atoms with E-state index in [0.29, 0.717) is 15.6 Å². The second-order valence-electron chi connectivity index (χ2n) is 6.46. The average molecular weight is 405 g/mol. The number of halogens is 1. The van der Waals surface area contributed by atoms with Crippen molar-refractivity contribution < 1.29 is 14.0 Å². The highest BCUT2D eigenvalue weighted by Crippen LogP contribution is 2.28. The molecule has 5 nitrogen and oxygen atoms in total. The minimum Gasteiger partial charge on any atom is -0.320 e. The van der Waals surface area contributed by atoms with Crippen LogP contribution in [0.5, 0.6) is 0 Å². The molecule has 0 fully saturated rings. The second kappa shape index (κ2) is 7.81. The van der Waals surface area contributed by atoms with E-state index in [1.165, 1.54) is 18.2 Å². The number of thiophene rings is 1. The van der Waals surface area contributed by atoms with Gasteiger partial charge in [0.1, 0.15) is 5.82 Å². The standard InChI is InChI=1S/C22H16FN3O2S/c1-13-9-19(26-21(27)15-6-4-7-16(23)10-15)29-20(13)22(28)25-17-11-14-5-2-3-8-18(14)24-12-17/h2-12H,1H3,(H,25,28)(H,26,27). The number of aryl methyl sites for hydroxylation is 1. The second-order valence-corrected chi connectivity index (χ2v) is 7.51. The molecule has 0 aliphatic rings. The van der Waals surface area contributed by atoms with Gasteiger partial charge in [0.05, 0.1) is 27.3 Å². The first kappa shape index (κ1) is 18.8. The van der Waals surface area contributed by atoms with Gasteiger partial charge in [-0.05, 0) is 48.9 Å². The molecule has 0 aliphatic carbocycles. The Bertz CT molecular complexity index is 1240. The minimum absolute atomic E-state index is 0.212. The molecule has 2 aromatic heterocycles. The molecule has 0 aliphatic heterocycles. The first-order chi connectivity index (χ1) is 14.0. The number of anilines is 2. The van der Waals surface area contributed by atoms with Gasteiger partial charge in [-0.25, -0.2) is 4.39 Å². The fraction of sp³-hybridized carbons (Fsp3) is 0.0455. The highest BCUT2D eigenvalue weighted by Gasteiger charge is 2.16. The molecule has 0 unspecified atom stereocenters. The number of carbonyl (C=O) groups excluding carboxylic acids is 2. The Kier molecular flexibility index (Phi) is 5.05. The molecule has 0 atom stereocenters. The number of rotatable bonds is 4. The molecular weight excluding hydrogens is 389 g/mol. The van der Waals surface area contributed by atoms with E-state index >= 15 is 0 Å². The molecule has 4 rings (SSSR count). The van der Waals surface area contributed by atoms with E-state index in [1.807, 2.05) is 30.3 Å². The largest absolute Gasteiger partial charge is 0.320 e. The van der Waals surface area contributed by atoms with E-state index in [4.69, 9.17) is 0 Å². The number of fused-ring (bicyclic) bond motifs is 1. The molecule has 2 N–H and O–H groups in total. The molecule has 144 valence electrons. The van der Waals surface area contributed by atoms with Crippen LogP contribution in [-0.2, 0) is 0 Å². The van der Waals surface area contributed by atoms with Gasteiger partial charge in [0.25, 0.3) is 11.8 Å². The van der Waals surface area contributed by atoms with Gasteiger partial charge in [0.2, 0.25) is 0 Å². The third kappa shape index (κ3) is 4.14. The quantitative estimate of drug-likeness (QED) is 0.487. The van der Waals surface area contributed by atoms with Crippen LogP contribution in [0.15, 0.2) is 66.9 Å². The monoisotopic (exact) mass is 405 g/mol. The summed E-state index contributed by atoms with van der Waals surface area (Å²) in [5, 5.41) is 6.99. The summed E-state index contributed by atoms with van der Waals surface area (Å²) < 4.78 is 13.3. The van der Waals surface area contributed by atoms with Gasteiger partial charge in [-0.2, -0.15) is 0 Å². The Morgan fingerprint density at radius 3 is 2.62 bits per heavy atom. The molecule has 0 saturated heterocycles. The van der Waals surface area contributed by atoms with Crippen molar-refractivity contribution in [2.24, 2.45) is 0 Å². The molecule has 0 bridgehead atoms. The number of nitrogens with zero attached hydrogens (tertiary/aromatic N) is 1. The smallest absolute Gasteiger partial charge is 0.266 e. The third-order valence-corrected chi connectivity index (χ3v) is 5.45. The van der Waals surface area contributed by atoms with Crippen molar-refractivity contribution in [1.29, 1.82) is 0 Å². The number of hydrogen-bond acceptors (Lipinski definition) is 4. The van der Waals surface area contributed by atoms with E-state index in [1.54, 1.807) is 19.2 Å². The van der Waals surface area contributed by atoms with Gasteiger partial charge >= 0.3 is 0 Å². The van der Waals surface area contributed by atoms with Crippen LogP contribution < -0.4 is 10.6 Å². The summed E-state index contributed by atoms with van der Waals surface area (Å²) in [7, 11) is 0. The van der Waals surface area contributed by atoms with Crippen molar-refractivity contribution in [3.8, 4) is 0 Å². The fourth-order valence-corrected chi connectivity index (χ4v) is 3.87. The molecule has 2 heterocycles. The lowest BCUT2D eigenvalue weighted by atomic mass is 10.2. The van der Waals surface area contributed by atoms with Crippen LogP contribution in [0.1, 0.15) is 25.6 Å². The lowest BCUT2D eigenvalue weighted by molar-refractivity contribution is 0.101. The number of hydrogen-bond donors (Lipinski definition) is 2. The topological polar surface area (TPSA) is 71.1 Å². The normalized spacial score (nSPS) is 10.7. The summed E-state index contributed by atoms with van der Waals surface area (Å²) >= 11 is 1.16. The molecule has 0 saturated carbocycles. The zero-order valence-electron chi connectivity index (χ0n) is 15.4. The Hall–Kier alpha value is -3.58. The van der Waals surface area contributed by atoms with Gasteiger partial charge in [0.15, 0.2) is 0 Å². The number of benzene rings is 2. The van der Waals surface area contributed by atoms with E-state index < -0.39 is 11.7 Å². The third-order valence-electron chi connectivity index (χ3n) is 4.30. The lowest BCUT2D eigenvalue weighted by Crippen LogP contribution is -2.12. The Labute approximate surface area is 170 Å². The maximum atomic E-state index is 13.3. The van der Waals surface area contributed by atoms with Crippen LogP contribution in [0.3, 0.4) is 0 Å². The first-order valence-corrected chi connectivity index (χ1v) is 9.65.